The van der Waals surface area contributed by atoms with Crippen LogP contribution in [0.2, 0.25) is 0 Å². The molecule has 1 unspecified atom stereocenters. The third kappa shape index (κ3) is 3.92. The molecule has 0 heterocycles. The van der Waals surface area contributed by atoms with E-state index in [9.17, 15) is 9.59 Å². The SMILES string of the molecule is C1=Cc2cccc3cccc(c23)C1.NC(=O)C1(C(=O)O)C=CC(c2ccccc2)=CC1. The Morgan fingerprint density at radius 2 is 1.65 bits per heavy atom. The highest BCUT2D eigenvalue weighted by molar-refractivity contribution is 6.04. The molecule has 0 aliphatic heterocycles. The van der Waals surface area contributed by atoms with Gasteiger partial charge in [-0.1, -0.05) is 97.1 Å². The Labute approximate surface area is 181 Å². The maximum absolute atomic E-state index is 11.3. The van der Waals surface area contributed by atoms with Gasteiger partial charge in [-0.05, 0) is 45.9 Å². The van der Waals surface area contributed by atoms with Gasteiger partial charge >= 0.3 is 5.97 Å². The molecule has 154 valence electrons. The van der Waals surface area contributed by atoms with Crippen LogP contribution in [0.1, 0.15) is 23.1 Å². The largest absolute Gasteiger partial charge is 0.480 e. The van der Waals surface area contributed by atoms with Crippen molar-refractivity contribution in [3.05, 3.63) is 108 Å². The Kier molecular flexibility index (Phi) is 5.54. The molecule has 4 nitrogen and oxygen atoms in total. The molecule has 1 atom stereocenters. The summed E-state index contributed by atoms with van der Waals surface area (Å²) in [4.78, 5) is 22.5. The summed E-state index contributed by atoms with van der Waals surface area (Å²) < 4.78 is 0. The Hall–Kier alpha value is -3.92. The van der Waals surface area contributed by atoms with Gasteiger partial charge in [-0.15, -0.1) is 0 Å². The highest BCUT2D eigenvalue weighted by atomic mass is 16.4. The van der Waals surface area contributed by atoms with Crippen molar-refractivity contribution in [1.82, 2.24) is 0 Å². The minimum absolute atomic E-state index is 0.0817. The molecule has 0 radical (unpaired) electrons. The number of nitrogens with two attached hydrogens (primary N) is 1. The molecule has 0 aromatic heterocycles. The van der Waals surface area contributed by atoms with Gasteiger partial charge < -0.3 is 10.8 Å². The zero-order valence-electron chi connectivity index (χ0n) is 17.0. The fourth-order valence-electron chi connectivity index (χ4n) is 4.00. The molecule has 31 heavy (non-hydrogen) atoms. The Morgan fingerprint density at radius 1 is 0.903 bits per heavy atom. The third-order valence-corrected chi connectivity index (χ3v) is 5.78. The maximum atomic E-state index is 11.3. The van der Waals surface area contributed by atoms with Crippen LogP contribution in [0.15, 0.2) is 91.0 Å². The van der Waals surface area contributed by atoms with Gasteiger partial charge in [0.25, 0.3) is 0 Å². The predicted molar refractivity (Wildman–Crippen MR) is 124 cm³/mol. The van der Waals surface area contributed by atoms with E-state index in [0.717, 1.165) is 17.6 Å². The van der Waals surface area contributed by atoms with Crippen LogP contribution >= 0.6 is 0 Å². The smallest absolute Gasteiger partial charge is 0.323 e. The molecule has 5 rings (SSSR count). The van der Waals surface area contributed by atoms with Crippen LogP contribution in [-0.2, 0) is 16.0 Å². The molecule has 4 heteroatoms. The van der Waals surface area contributed by atoms with Crippen LogP contribution in [0.5, 0.6) is 0 Å². The van der Waals surface area contributed by atoms with Crippen molar-refractivity contribution in [3.63, 3.8) is 0 Å². The topological polar surface area (TPSA) is 80.4 Å². The van der Waals surface area contributed by atoms with Crippen LogP contribution in [0.25, 0.3) is 22.4 Å². The molecule has 2 aliphatic rings. The number of allylic oxidation sites excluding steroid dienone is 4. The van der Waals surface area contributed by atoms with Gasteiger partial charge in [0.15, 0.2) is 5.41 Å². The number of carbonyl (C=O) groups is 2. The summed E-state index contributed by atoms with van der Waals surface area (Å²) in [5.74, 6) is -2.05. The number of aliphatic carboxylic acids is 1. The van der Waals surface area contributed by atoms with E-state index in [1.54, 1.807) is 12.2 Å². The molecule has 3 aromatic carbocycles. The summed E-state index contributed by atoms with van der Waals surface area (Å²) in [6, 6.07) is 22.6. The lowest BCUT2D eigenvalue weighted by molar-refractivity contribution is -0.151. The molecule has 0 spiro atoms. The molecule has 0 bridgehead atoms. The summed E-state index contributed by atoms with van der Waals surface area (Å²) >= 11 is 0. The van der Waals surface area contributed by atoms with Crippen molar-refractivity contribution >= 4 is 34.3 Å². The molecular formula is C27H23NO3. The zero-order valence-corrected chi connectivity index (χ0v) is 17.0. The van der Waals surface area contributed by atoms with Gasteiger partial charge in [0, 0.05) is 0 Å². The van der Waals surface area contributed by atoms with Gasteiger partial charge in [-0.3, -0.25) is 9.59 Å². The van der Waals surface area contributed by atoms with Crippen LogP contribution in [0.4, 0.5) is 0 Å². The standard InChI is InChI=1S/C14H13NO3.C13H10/c15-12(16)14(13(17)18)8-6-11(7-9-14)10-4-2-1-3-5-10;1-4-10-6-2-8-12-9-3-7-11(5-1)13(10)12/h1-8H,9H2,(H2,15,16)(H,17,18);1-8H,9H2. The number of carbonyl (C=O) groups excluding carboxylic acids is 1. The van der Waals surface area contributed by atoms with Crippen molar-refractivity contribution in [2.75, 3.05) is 0 Å². The average molecular weight is 409 g/mol. The lowest BCUT2D eigenvalue weighted by atomic mass is 9.78. The summed E-state index contributed by atoms with van der Waals surface area (Å²) in [6.45, 7) is 0. The van der Waals surface area contributed by atoms with Gasteiger partial charge in [-0.2, -0.15) is 0 Å². The third-order valence-electron chi connectivity index (χ3n) is 5.78. The van der Waals surface area contributed by atoms with Crippen molar-refractivity contribution in [2.24, 2.45) is 11.1 Å². The number of benzene rings is 3. The van der Waals surface area contributed by atoms with Crippen LogP contribution in [0.3, 0.4) is 0 Å². The molecule has 0 saturated carbocycles. The summed E-state index contributed by atoms with van der Waals surface area (Å²) in [7, 11) is 0. The zero-order chi connectivity index (χ0) is 21.8. The number of hydrogen-bond acceptors (Lipinski definition) is 2. The summed E-state index contributed by atoms with van der Waals surface area (Å²) in [6.07, 6.45) is 10.4. The van der Waals surface area contributed by atoms with Gasteiger partial charge in [-0.25, -0.2) is 0 Å². The van der Waals surface area contributed by atoms with E-state index in [1.807, 2.05) is 30.3 Å². The fraction of sp³-hybridized carbons (Fsp3) is 0.111. The monoisotopic (exact) mass is 409 g/mol. The molecule has 3 N–H and O–H groups in total. The first-order valence-corrected chi connectivity index (χ1v) is 10.2. The highest BCUT2D eigenvalue weighted by Gasteiger charge is 2.42. The minimum atomic E-state index is -1.61. The lowest BCUT2D eigenvalue weighted by Gasteiger charge is -2.24. The molecule has 0 fully saturated rings. The van der Waals surface area contributed by atoms with Crippen LogP contribution in [-0.4, -0.2) is 17.0 Å². The Morgan fingerprint density at radius 3 is 2.29 bits per heavy atom. The van der Waals surface area contributed by atoms with E-state index >= 15 is 0 Å². The molecule has 2 aliphatic carbocycles. The quantitative estimate of drug-likeness (QED) is 0.598. The van der Waals surface area contributed by atoms with E-state index in [1.165, 1.54) is 28.0 Å². The number of carboxylic acid groups (broad SMARTS) is 1. The van der Waals surface area contributed by atoms with Gasteiger partial charge in [0.2, 0.25) is 5.91 Å². The van der Waals surface area contributed by atoms with Crippen molar-refractivity contribution in [1.29, 1.82) is 0 Å². The fourth-order valence-corrected chi connectivity index (χ4v) is 4.00. The maximum Gasteiger partial charge on any atom is 0.323 e. The average Bonchev–Trinajstić information content (AvgIpc) is 2.81. The first kappa shape index (κ1) is 20.4. The molecule has 3 aromatic rings. The van der Waals surface area contributed by atoms with E-state index in [-0.39, 0.29) is 6.42 Å². The molecule has 1 amide bonds. The van der Waals surface area contributed by atoms with Crippen molar-refractivity contribution in [3.8, 4) is 0 Å². The first-order valence-electron chi connectivity index (χ1n) is 10.2. The molecular weight excluding hydrogens is 386 g/mol. The van der Waals surface area contributed by atoms with Crippen LogP contribution < -0.4 is 5.73 Å². The van der Waals surface area contributed by atoms with Gasteiger partial charge in [0.1, 0.15) is 0 Å². The Bertz CT molecular complexity index is 1220. The normalized spacial score (nSPS) is 18.6. The number of amides is 1. The van der Waals surface area contributed by atoms with Crippen molar-refractivity contribution in [2.45, 2.75) is 12.8 Å². The second-order valence-electron chi connectivity index (χ2n) is 7.67. The van der Waals surface area contributed by atoms with Gasteiger partial charge in [0.05, 0.1) is 0 Å². The summed E-state index contributed by atoms with van der Waals surface area (Å²) in [5, 5.41) is 11.9. The second kappa shape index (κ2) is 8.44. The highest BCUT2D eigenvalue weighted by Crippen LogP contribution is 2.33. The number of rotatable bonds is 3. The molecule has 0 saturated heterocycles. The van der Waals surface area contributed by atoms with E-state index in [0.29, 0.717) is 0 Å². The van der Waals surface area contributed by atoms with Crippen LogP contribution in [0, 0.1) is 5.41 Å². The first-order chi connectivity index (χ1) is 15.0. The summed E-state index contributed by atoms with van der Waals surface area (Å²) in [5.41, 5.74) is 8.27. The number of primary amides is 1. The number of carboxylic acids is 1. The number of hydrogen-bond donors (Lipinski definition) is 2. The second-order valence-corrected chi connectivity index (χ2v) is 7.67. The van der Waals surface area contributed by atoms with E-state index in [2.05, 4.69) is 48.6 Å². The lowest BCUT2D eigenvalue weighted by Crippen LogP contribution is -2.42. The van der Waals surface area contributed by atoms with E-state index in [4.69, 9.17) is 10.8 Å². The Balaban J connectivity index is 0.000000156. The van der Waals surface area contributed by atoms with Crippen molar-refractivity contribution < 1.29 is 14.7 Å². The minimum Gasteiger partial charge on any atom is -0.480 e. The van der Waals surface area contributed by atoms with E-state index < -0.39 is 17.3 Å². The predicted octanol–water partition coefficient (Wildman–Crippen LogP) is 5.00.